The molecule has 0 amide bonds. The largest absolute Gasteiger partial charge is 0.377 e. The first kappa shape index (κ1) is 12.9. The van der Waals surface area contributed by atoms with Crippen LogP contribution in [0.2, 0.25) is 14.5 Å². The van der Waals surface area contributed by atoms with E-state index < -0.39 is 0 Å². The molecule has 0 unspecified atom stereocenters. The van der Waals surface area contributed by atoms with E-state index in [-0.39, 0.29) is 0 Å². The normalized spacial score (nSPS) is 11.1. The number of halogens is 3. The monoisotopic (exact) mass is 334 g/mol. The molecule has 0 saturated heterocycles. The first-order valence-electron chi connectivity index (χ1n) is 5.09. The van der Waals surface area contributed by atoms with Crippen LogP contribution in [0.1, 0.15) is 4.88 Å². The lowest BCUT2D eigenvalue weighted by Gasteiger charge is -2.07. The van der Waals surface area contributed by atoms with Crippen LogP contribution >= 0.6 is 46.1 Å². The fourth-order valence-corrected chi connectivity index (χ4v) is 3.06. The van der Waals surface area contributed by atoms with Crippen LogP contribution in [0.3, 0.4) is 0 Å². The Morgan fingerprint density at radius 3 is 2.68 bits per heavy atom. The van der Waals surface area contributed by atoms with Crippen molar-refractivity contribution in [3.63, 3.8) is 0 Å². The Labute approximate surface area is 126 Å². The van der Waals surface area contributed by atoms with Crippen molar-refractivity contribution in [2.75, 3.05) is 5.32 Å². The Balaban J connectivity index is 1.94. The summed E-state index contributed by atoms with van der Waals surface area (Å²) in [6.45, 7) is 0.522. The Kier molecular flexibility index (Phi) is 3.49. The van der Waals surface area contributed by atoms with Crippen LogP contribution in [-0.2, 0) is 6.54 Å². The molecule has 3 rings (SSSR count). The molecule has 0 aliphatic rings. The zero-order valence-electron chi connectivity index (χ0n) is 9.15. The third-order valence-corrected chi connectivity index (χ3v) is 4.11. The fourth-order valence-electron chi connectivity index (χ4n) is 1.58. The number of nitrogens with one attached hydrogen (secondary N) is 1. The van der Waals surface area contributed by atoms with E-state index in [9.17, 15) is 0 Å². The summed E-state index contributed by atoms with van der Waals surface area (Å²) >= 11 is 19.3. The second-order valence-corrected chi connectivity index (χ2v) is 6.12. The Morgan fingerprint density at radius 1 is 1.16 bits per heavy atom. The van der Waals surface area contributed by atoms with Crippen molar-refractivity contribution in [1.29, 1.82) is 0 Å². The summed E-state index contributed by atoms with van der Waals surface area (Å²) in [5.74, 6) is 0. The molecule has 98 valence electrons. The van der Waals surface area contributed by atoms with Crippen LogP contribution in [0.25, 0.3) is 11.0 Å². The average Bonchev–Trinajstić information content (AvgIpc) is 2.98. The summed E-state index contributed by atoms with van der Waals surface area (Å²) in [5, 5.41) is 11.5. The van der Waals surface area contributed by atoms with Gasteiger partial charge in [-0.15, -0.1) is 11.3 Å². The molecule has 2 aromatic heterocycles. The highest BCUT2D eigenvalue weighted by molar-refractivity contribution is 7.15. The number of benzene rings is 1. The summed E-state index contributed by atoms with van der Waals surface area (Å²) in [4.78, 5) is 4.93. The highest BCUT2D eigenvalue weighted by atomic mass is 35.5. The van der Waals surface area contributed by atoms with Gasteiger partial charge in [0.25, 0.3) is 0 Å². The summed E-state index contributed by atoms with van der Waals surface area (Å²) in [5.41, 5.74) is 1.58. The third-order valence-electron chi connectivity index (χ3n) is 2.41. The van der Waals surface area contributed by atoms with Crippen LogP contribution in [-0.4, -0.2) is 15.3 Å². The van der Waals surface area contributed by atoms with Crippen molar-refractivity contribution in [1.82, 2.24) is 15.3 Å². The number of thiazole rings is 1. The molecule has 1 aromatic carbocycles. The highest BCUT2D eigenvalue weighted by Crippen LogP contribution is 2.34. The van der Waals surface area contributed by atoms with Gasteiger partial charge in [0.1, 0.15) is 0 Å². The molecular weight excluding hydrogens is 331 g/mol. The number of rotatable bonds is 3. The zero-order valence-corrected chi connectivity index (χ0v) is 12.2. The zero-order chi connectivity index (χ0) is 13.4. The van der Waals surface area contributed by atoms with Crippen LogP contribution in [0.15, 0.2) is 16.9 Å². The third kappa shape index (κ3) is 2.49. The number of hydrogen-bond acceptors (Lipinski definition) is 6. The first-order chi connectivity index (χ1) is 9.15. The number of hydrogen-bond donors (Lipinski definition) is 1. The van der Waals surface area contributed by atoms with Crippen molar-refractivity contribution in [3.8, 4) is 0 Å². The summed E-state index contributed by atoms with van der Waals surface area (Å²) in [6, 6.07) is 1.59. The quantitative estimate of drug-likeness (QED) is 0.775. The minimum absolute atomic E-state index is 0.396. The van der Waals surface area contributed by atoms with Crippen molar-refractivity contribution < 1.29 is 4.63 Å². The molecule has 9 heteroatoms. The van der Waals surface area contributed by atoms with Crippen LogP contribution in [0.5, 0.6) is 0 Å². The maximum absolute atomic E-state index is 6.14. The second-order valence-electron chi connectivity index (χ2n) is 3.61. The van der Waals surface area contributed by atoms with Crippen molar-refractivity contribution in [3.05, 3.63) is 31.7 Å². The molecule has 3 aromatic rings. The predicted molar refractivity (Wildman–Crippen MR) is 76.3 cm³/mol. The molecule has 0 spiro atoms. The first-order valence-corrected chi connectivity index (χ1v) is 7.04. The van der Waals surface area contributed by atoms with Crippen LogP contribution in [0, 0.1) is 0 Å². The van der Waals surface area contributed by atoms with Gasteiger partial charge in [0.05, 0.1) is 22.3 Å². The van der Waals surface area contributed by atoms with Crippen molar-refractivity contribution in [2.24, 2.45) is 0 Å². The number of fused-ring (bicyclic) bond motifs is 1. The van der Waals surface area contributed by atoms with E-state index in [4.69, 9.17) is 34.8 Å². The molecule has 5 nitrogen and oxygen atoms in total. The molecular formula is C10H5Cl3N4OS. The van der Waals surface area contributed by atoms with Gasteiger partial charge in [-0.3, -0.25) is 0 Å². The molecule has 19 heavy (non-hydrogen) atoms. The van der Waals surface area contributed by atoms with Gasteiger partial charge in [-0.1, -0.05) is 34.8 Å². The number of aromatic nitrogens is 3. The fraction of sp³-hybridized carbons (Fsp3) is 0.100. The van der Waals surface area contributed by atoms with Gasteiger partial charge in [0, 0.05) is 11.1 Å². The molecule has 0 aliphatic heterocycles. The molecule has 0 aliphatic carbocycles. The lowest BCUT2D eigenvalue weighted by molar-refractivity contribution is 0.315. The smallest absolute Gasteiger partial charge is 0.183 e. The molecule has 0 radical (unpaired) electrons. The topological polar surface area (TPSA) is 63.8 Å². The maximum Gasteiger partial charge on any atom is 0.183 e. The SMILES string of the molecule is Clc1ncc(CNc2c(Cl)cc(Cl)c3nonc23)s1. The summed E-state index contributed by atoms with van der Waals surface area (Å²) < 4.78 is 5.18. The number of anilines is 1. The summed E-state index contributed by atoms with van der Waals surface area (Å²) in [6.07, 6.45) is 1.70. The molecule has 2 heterocycles. The maximum atomic E-state index is 6.14. The summed E-state index contributed by atoms with van der Waals surface area (Å²) in [7, 11) is 0. The Hall–Kier alpha value is -1.08. The van der Waals surface area contributed by atoms with E-state index in [1.165, 1.54) is 11.3 Å². The minimum Gasteiger partial charge on any atom is -0.377 e. The molecule has 0 saturated carbocycles. The van der Waals surface area contributed by atoms with E-state index in [0.717, 1.165) is 4.88 Å². The predicted octanol–water partition coefficient (Wildman–Crippen LogP) is 4.25. The van der Waals surface area contributed by atoms with Gasteiger partial charge >= 0.3 is 0 Å². The standard InChI is InChI=1S/C10H5Cl3N4OS/c11-5-1-6(12)8-9(17-18-16-8)7(5)14-2-4-3-15-10(13)19-4/h1,3,14H,2H2. The average molecular weight is 336 g/mol. The van der Waals surface area contributed by atoms with Gasteiger partial charge in [0.2, 0.25) is 0 Å². The van der Waals surface area contributed by atoms with Crippen molar-refractivity contribution >= 4 is 62.9 Å². The Bertz CT molecular complexity index is 742. The van der Waals surface area contributed by atoms with Crippen molar-refractivity contribution in [2.45, 2.75) is 6.54 Å². The van der Waals surface area contributed by atoms with Gasteiger partial charge in [-0.05, 0) is 16.4 Å². The van der Waals surface area contributed by atoms with E-state index >= 15 is 0 Å². The van der Waals surface area contributed by atoms with Gasteiger partial charge in [0.15, 0.2) is 15.5 Å². The van der Waals surface area contributed by atoms with E-state index in [1.807, 2.05) is 0 Å². The second kappa shape index (κ2) is 5.13. The molecule has 0 atom stereocenters. The molecule has 1 N–H and O–H groups in total. The van der Waals surface area contributed by atoms with Gasteiger partial charge in [-0.25, -0.2) is 9.61 Å². The van der Waals surface area contributed by atoms with Crippen LogP contribution < -0.4 is 5.32 Å². The van der Waals surface area contributed by atoms with E-state index in [2.05, 4.69) is 25.2 Å². The lowest BCUT2D eigenvalue weighted by Crippen LogP contribution is -1.99. The number of nitrogens with zero attached hydrogens (tertiary/aromatic N) is 3. The minimum atomic E-state index is 0.396. The van der Waals surface area contributed by atoms with Gasteiger partial charge < -0.3 is 5.32 Å². The van der Waals surface area contributed by atoms with E-state index in [0.29, 0.717) is 37.8 Å². The van der Waals surface area contributed by atoms with Gasteiger partial charge in [-0.2, -0.15) is 0 Å². The van der Waals surface area contributed by atoms with Crippen LogP contribution in [0.4, 0.5) is 5.69 Å². The molecule has 0 fully saturated rings. The van der Waals surface area contributed by atoms with E-state index in [1.54, 1.807) is 12.3 Å². The Morgan fingerprint density at radius 2 is 1.95 bits per heavy atom. The highest BCUT2D eigenvalue weighted by Gasteiger charge is 2.15. The lowest BCUT2D eigenvalue weighted by atomic mass is 10.2. The molecule has 0 bridgehead atoms.